The predicted octanol–water partition coefficient (Wildman–Crippen LogP) is 4.92. The zero-order valence-electron chi connectivity index (χ0n) is 10.3. The van der Waals surface area contributed by atoms with Crippen LogP contribution in [0.15, 0.2) is 71.1 Å². The van der Waals surface area contributed by atoms with Crippen molar-refractivity contribution in [1.29, 1.82) is 0 Å². The zero-order valence-corrected chi connectivity index (χ0v) is 10.3. The van der Waals surface area contributed by atoms with Gasteiger partial charge in [0.1, 0.15) is 11.5 Å². The maximum Gasteiger partial charge on any atom is 0.134 e. The van der Waals surface area contributed by atoms with Gasteiger partial charge in [-0.15, -0.1) is 0 Å². The Kier molecular flexibility index (Phi) is 2.73. The van der Waals surface area contributed by atoms with E-state index in [1.54, 1.807) is 0 Å². The molecule has 1 heterocycles. The van der Waals surface area contributed by atoms with Crippen LogP contribution in [-0.4, -0.2) is 0 Å². The second kappa shape index (κ2) is 4.53. The van der Waals surface area contributed by atoms with Gasteiger partial charge in [-0.1, -0.05) is 54.1 Å². The van der Waals surface area contributed by atoms with Crippen LogP contribution in [0.5, 0.6) is 0 Å². The first-order valence-corrected chi connectivity index (χ1v) is 6.05. The smallest absolute Gasteiger partial charge is 0.134 e. The largest absolute Gasteiger partial charge is 0.456 e. The lowest BCUT2D eigenvalue weighted by atomic mass is 10.1. The number of furan rings is 1. The van der Waals surface area contributed by atoms with E-state index in [2.05, 4.69) is 43.3 Å². The number of aryl methyl sites for hydroxylation is 1. The van der Waals surface area contributed by atoms with Crippen molar-refractivity contribution in [1.82, 2.24) is 0 Å². The van der Waals surface area contributed by atoms with E-state index in [0.29, 0.717) is 0 Å². The average molecular weight is 234 g/mol. The first-order chi connectivity index (χ1) is 8.83. The van der Waals surface area contributed by atoms with Crippen molar-refractivity contribution in [3.8, 4) is 22.6 Å². The van der Waals surface area contributed by atoms with Crippen LogP contribution in [0.4, 0.5) is 0 Å². The Bertz CT molecular complexity index is 650. The molecule has 1 heteroatoms. The number of hydrogen-bond donors (Lipinski definition) is 0. The predicted molar refractivity (Wildman–Crippen MR) is 74.3 cm³/mol. The Labute approximate surface area is 107 Å². The highest BCUT2D eigenvalue weighted by molar-refractivity contribution is 5.65. The first kappa shape index (κ1) is 10.8. The van der Waals surface area contributed by atoms with E-state index in [1.807, 2.05) is 30.3 Å². The van der Waals surface area contributed by atoms with E-state index < -0.39 is 0 Å². The standard InChI is InChI=1S/C17H14O/c1-13-6-5-9-15(12-13)17-11-10-16(18-17)14-7-3-2-4-8-14/h2-12H,1H3. The lowest BCUT2D eigenvalue weighted by molar-refractivity contribution is 0.597. The highest BCUT2D eigenvalue weighted by Gasteiger charge is 2.06. The average Bonchev–Trinajstić information content (AvgIpc) is 2.89. The molecule has 0 saturated carbocycles. The molecule has 3 rings (SSSR count). The third-order valence-electron chi connectivity index (χ3n) is 2.97. The van der Waals surface area contributed by atoms with Crippen LogP contribution >= 0.6 is 0 Å². The molecule has 2 aromatic carbocycles. The van der Waals surface area contributed by atoms with Crippen LogP contribution in [-0.2, 0) is 0 Å². The molecule has 3 aromatic rings. The Hall–Kier alpha value is -2.28. The summed E-state index contributed by atoms with van der Waals surface area (Å²) in [5, 5.41) is 0. The molecule has 0 aliphatic carbocycles. The van der Waals surface area contributed by atoms with E-state index in [9.17, 15) is 0 Å². The van der Waals surface area contributed by atoms with Crippen molar-refractivity contribution in [3.05, 3.63) is 72.3 Å². The first-order valence-electron chi connectivity index (χ1n) is 6.05. The van der Waals surface area contributed by atoms with Crippen LogP contribution in [0.1, 0.15) is 5.56 Å². The molecule has 0 aliphatic heterocycles. The van der Waals surface area contributed by atoms with Crippen molar-refractivity contribution in [3.63, 3.8) is 0 Å². The van der Waals surface area contributed by atoms with Crippen molar-refractivity contribution in [2.24, 2.45) is 0 Å². The van der Waals surface area contributed by atoms with Crippen LogP contribution in [0.25, 0.3) is 22.6 Å². The van der Waals surface area contributed by atoms with Gasteiger partial charge in [-0.05, 0) is 25.1 Å². The van der Waals surface area contributed by atoms with Gasteiger partial charge in [-0.3, -0.25) is 0 Å². The van der Waals surface area contributed by atoms with Gasteiger partial charge in [0.2, 0.25) is 0 Å². The maximum absolute atomic E-state index is 5.91. The highest BCUT2D eigenvalue weighted by Crippen LogP contribution is 2.28. The van der Waals surface area contributed by atoms with Crippen LogP contribution in [0.2, 0.25) is 0 Å². The molecule has 0 amide bonds. The number of rotatable bonds is 2. The Morgan fingerprint density at radius 1 is 0.667 bits per heavy atom. The van der Waals surface area contributed by atoms with Crippen LogP contribution < -0.4 is 0 Å². The number of hydrogen-bond acceptors (Lipinski definition) is 1. The summed E-state index contributed by atoms with van der Waals surface area (Å²) in [5.74, 6) is 1.82. The van der Waals surface area contributed by atoms with Crippen LogP contribution in [0, 0.1) is 6.92 Å². The summed E-state index contributed by atoms with van der Waals surface area (Å²) in [4.78, 5) is 0. The monoisotopic (exact) mass is 234 g/mol. The summed E-state index contributed by atoms with van der Waals surface area (Å²) in [7, 11) is 0. The van der Waals surface area contributed by atoms with Gasteiger partial charge in [0.25, 0.3) is 0 Å². The summed E-state index contributed by atoms with van der Waals surface area (Å²) < 4.78 is 5.91. The van der Waals surface area contributed by atoms with E-state index in [0.717, 1.165) is 22.6 Å². The van der Waals surface area contributed by atoms with Crippen molar-refractivity contribution < 1.29 is 4.42 Å². The van der Waals surface area contributed by atoms with Gasteiger partial charge in [-0.2, -0.15) is 0 Å². The van der Waals surface area contributed by atoms with E-state index in [1.165, 1.54) is 5.56 Å². The molecular formula is C17H14O. The summed E-state index contributed by atoms with van der Waals surface area (Å²) in [5.41, 5.74) is 3.47. The fourth-order valence-electron chi connectivity index (χ4n) is 2.05. The Morgan fingerprint density at radius 2 is 1.33 bits per heavy atom. The van der Waals surface area contributed by atoms with Gasteiger partial charge in [-0.25, -0.2) is 0 Å². The molecule has 0 N–H and O–H groups in total. The summed E-state index contributed by atoms with van der Waals surface area (Å²) in [6, 6.07) is 22.5. The molecule has 0 fully saturated rings. The fourth-order valence-corrected chi connectivity index (χ4v) is 2.05. The quantitative estimate of drug-likeness (QED) is 0.613. The van der Waals surface area contributed by atoms with Gasteiger partial charge in [0, 0.05) is 11.1 Å². The van der Waals surface area contributed by atoms with Gasteiger partial charge >= 0.3 is 0 Å². The Balaban J connectivity index is 2.00. The molecular weight excluding hydrogens is 220 g/mol. The van der Waals surface area contributed by atoms with E-state index >= 15 is 0 Å². The van der Waals surface area contributed by atoms with E-state index in [4.69, 9.17) is 4.42 Å². The summed E-state index contributed by atoms with van der Waals surface area (Å²) in [6.45, 7) is 2.09. The maximum atomic E-state index is 5.91. The lowest BCUT2D eigenvalue weighted by Gasteiger charge is -1.99. The molecule has 0 spiro atoms. The van der Waals surface area contributed by atoms with Crippen molar-refractivity contribution in [2.75, 3.05) is 0 Å². The minimum absolute atomic E-state index is 0.909. The molecule has 0 aliphatic rings. The van der Waals surface area contributed by atoms with Gasteiger partial charge in [0.15, 0.2) is 0 Å². The van der Waals surface area contributed by atoms with Gasteiger partial charge in [0.05, 0.1) is 0 Å². The van der Waals surface area contributed by atoms with Gasteiger partial charge < -0.3 is 4.42 Å². The molecule has 18 heavy (non-hydrogen) atoms. The van der Waals surface area contributed by atoms with Crippen molar-refractivity contribution >= 4 is 0 Å². The molecule has 0 atom stereocenters. The third-order valence-corrected chi connectivity index (χ3v) is 2.97. The molecule has 0 unspecified atom stereocenters. The van der Waals surface area contributed by atoms with Crippen LogP contribution in [0.3, 0.4) is 0 Å². The van der Waals surface area contributed by atoms with Crippen molar-refractivity contribution in [2.45, 2.75) is 6.92 Å². The number of benzene rings is 2. The molecule has 0 radical (unpaired) electrons. The summed E-state index contributed by atoms with van der Waals surface area (Å²) >= 11 is 0. The minimum Gasteiger partial charge on any atom is -0.456 e. The minimum atomic E-state index is 0.909. The lowest BCUT2D eigenvalue weighted by Crippen LogP contribution is -1.75. The summed E-state index contributed by atoms with van der Waals surface area (Å²) in [6.07, 6.45) is 0. The second-order valence-electron chi connectivity index (χ2n) is 4.40. The molecule has 1 aromatic heterocycles. The normalized spacial score (nSPS) is 10.5. The third kappa shape index (κ3) is 2.07. The van der Waals surface area contributed by atoms with E-state index in [-0.39, 0.29) is 0 Å². The molecule has 88 valence electrons. The molecule has 0 saturated heterocycles. The molecule has 1 nitrogen and oxygen atoms in total. The topological polar surface area (TPSA) is 13.1 Å². The zero-order chi connectivity index (χ0) is 12.4. The fraction of sp³-hybridized carbons (Fsp3) is 0.0588. The second-order valence-corrected chi connectivity index (χ2v) is 4.40. The molecule has 0 bridgehead atoms. The Morgan fingerprint density at radius 3 is 2.06 bits per heavy atom. The highest BCUT2D eigenvalue weighted by atomic mass is 16.3. The SMILES string of the molecule is Cc1cccc(-c2ccc(-c3ccccc3)o2)c1.